The van der Waals surface area contributed by atoms with Gasteiger partial charge in [-0.25, -0.2) is 9.98 Å². The van der Waals surface area contributed by atoms with Gasteiger partial charge >= 0.3 is 6.55 Å². The van der Waals surface area contributed by atoms with Crippen LogP contribution in [0.2, 0.25) is 0 Å². The van der Waals surface area contributed by atoms with E-state index in [-0.39, 0.29) is 36.3 Å². The Morgan fingerprint density at radius 3 is 2.81 bits per heavy atom. The van der Waals surface area contributed by atoms with Gasteiger partial charge < -0.3 is 15.4 Å². The van der Waals surface area contributed by atoms with Crippen molar-refractivity contribution in [3.05, 3.63) is 18.2 Å². The highest BCUT2D eigenvalue weighted by molar-refractivity contribution is 14.0. The zero-order chi connectivity index (χ0) is 17.9. The monoisotopic (exact) mass is 485 g/mol. The van der Waals surface area contributed by atoms with Crippen molar-refractivity contribution in [1.82, 2.24) is 20.2 Å². The first-order valence-corrected chi connectivity index (χ1v) is 9.14. The van der Waals surface area contributed by atoms with Crippen LogP contribution in [-0.2, 0) is 11.3 Å². The van der Waals surface area contributed by atoms with E-state index in [1.807, 2.05) is 6.92 Å². The molecule has 1 heterocycles. The summed E-state index contributed by atoms with van der Waals surface area (Å²) in [6, 6.07) is 0. The van der Waals surface area contributed by atoms with Gasteiger partial charge in [-0.2, -0.15) is 8.78 Å². The Kier molecular flexibility index (Phi) is 11.7. The normalized spacial score (nSPS) is 15.8. The van der Waals surface area contributed by atoms with Crippen molar-refractivity contribution in [1.29, 1.82) is 0 Å². The summed E-state index contributed by atoms with van der Waals surface area (Å²) in [5, 5.41) is 6.31. The largest absolute Gasteiger partial charge is 0.378 e. The van der Waals surface area contributed by atoms with Gasteiger partial charge in [-0.15, -0.1) is 24.0 Å². The zero-order valence-electron chi connectivity index (χ0n) is 15.3. The first kappa shape index (κ1) is 23.1. The number of alkyl halides is 2. The van der Waals surface area contributed by atoms with Gasteiger partial charge in [0.15, 0.2) is 5.96 Å². The molecule has 0 amide bonds. The highest BCUT2D eigenvalue weighted by Gasteiger charge is 2.13. The van der Waals surface area contributed by atoms with E-state index in [9.17, 15) is 8.78 Å². The van der Waals surface area contributed by atoms with Crippen LogP contribution in [0.3, 0.4) is 0 Å². The van der Waals surface area contributed by atoms with Crippen molar-refractivity contribution < 1.29 is 13.5 Å². The summed E-state index contributed by atoms with van der Waals surface area (Å²) in [6.07, 6.45) is 10.1. The van der Waals surface area contributed by atoms with Crippen LogP contribution >= 0.6 is 24.0 Å². The van der Waals surface area contributed by atoms with Crippen molar-refractivity contribution in [3.63, 3.8) is 0 Å². The molecule has 0 radical (unpaired) electrons. The lowest BCUT2D eigenvalue weighted by Gasteiger charge is -2.22. The molecule has 2 N–H and O–H groups in total. The fourth-order valence-electron chi connectivity index (χ4n) is 2.90. The summed E-state index contributed by atoms with van der Waals surface area (Å²) >= 11 is 0. The Morgan fingerprint density at radius 1 is 1.35 bits per heavy atom. The lowest BCUT2D eigenvalue weighted by molar-refractivity contribution is 0.0277. The average Bonchev–Trinajstić information content (AvgIpc) is 3.09. The van der Waals surface area contributed by atoms with Crippen molar-refractivity contribution >= 4 is 29.9 Å². The maximum Gasteiger partial charge on any atom is 0.319 e. The summed E-state index contributed by atoms with van der Waals surface area (Å²) in [5.74, 6) is 0.844. The summed E-state index contributed by atoms with van der Waals surface area (Å²) in [4.78, 5) is 8.25. The molecule has 0 aromatic carbocycles. The van der Waals surface area contributed by atoms with Crippen LogP contribution in [0, 0.1) is 0 Å². The Hall–Kier alpha value is -0.970. The minimum atomic E-state index is -2.60. The molecule has 1 aromatic heterocycles. The van der Waals surface area contributed by atoms with Crippen LogP contribution in [0.25, 0.3) is 0 Å². The lowest BCUT2D eigenvalue weighted by atomic mass is 9.98. The average molecular weight is 485 g/mol. The van der Waals surface area contributed by atoms with Gasteiger partial charge in [-0.1, -0.05) is 19.3 Å². The van der Waals surface area contributed by atoms with Gasteiger partial charge in [0.1, 0.15) is 12.4 Å². The summed E-state index contributed by atoms with van der Waals surface area (Å²) in [5.41, 5.74) is 0. The molecule has 1 saturated carbocycles. The zero-order valence-corrected chi connectivity index (χ0v) is 17.6. The fourth-order valence-corrected chi connectivity index (χ4v) is 2.90. The Bertz CT molecular complexity index is 521. The molecule has 0 saturated heterocycles. The highest BCUT2D eigenvalue weighted by Crippen LogP contribution is 2.20. The molecule has 0 aliphatic heterocycles. The number of nitrogens with zero attached hydrogens (tertiary/aromatic N) is 3. The van der Waals surface area contributed by atoms with E-state index >= 15 is 0 Å². The maximum atomic E-state index is 12.8. The molecule has 0 bridgehead atoms. The number of rotatable bonds is 9. The molecular formula is C17H30F2IN5O. The standard InChI is InChI=1S/C17H29F2N5O.HI/c1-2-20-17(23-13-15-21-10-11-24(15)16(18)19)22-9-6-12-25-14-7-4-3-5-8-14;/h10-11,14,16H,2-9,12-13H2,1H3,(H2,20,22,23);1H. The molecule has 1 aliphatic rings. The third-order valence-corrected chi connectivity index (χ3v) is 4.20. The summed E-state index contributed by atoms with van der Waals surface area (Å²) < 4.78 is 32.3. The topological polar surface area (TPSA) is 63.5 Å². The molecule has 1 aromatic rings. The molecule has 26 heavy (non-hydrogen) atoms. The number of halogens is 3. The molecule has 9 heteroatoms. The predicted molar refractivity (Wildman–Crippen MR) is 109 cm³/mol. The third kappa shape index (κ3) is 8.15. The van der Waals surface area contributed by atoms with Crippen LogP contribution in [0.1, 0.15) is 57.8 Å². The fraction of sp³-hybridized carbons (Fsp3) is 0.765. The van der Waals surface area contributed by atoms with Gasteiger partial charge in [0.25, 0.3) is 0 Å². The first-order chi connectivity index (χ1) is 12.2. The molecule has 0 spiro atoms. The van der Waals surface area contributed by atoms with E-state index in [2.05, 4.69) is 20.6 Å². The SMILES string of the molecule is CCNC(=NCc1nccn1C(F)F)NCCCOC1CCCCC1.I. The lowest BCUT2D eigenvalue weighted by Crippen LogP contribution is -2.38. The number of hydrogen-bond acceptors (Lipinski definition) is 3. The Balaban J connectivity index is 0.00000338. The van der Waals surface area contributed by atoms with Crippen molar-refractivity contribution in [2.24, 2.45) is 4.99 Å². The third-order valence-electron chi connectivity index (χ3n) is 4.20. The van der Waals surface area contributed by atoms with Gasteiger partial charge in [-0.3, -0.25) is 4.57 Å². The van der Waals surface area contributed by atoms with E-state index in [1.54, 1.807) is 0 Å². The second-order valence-electron chi connectivity index (χ2n) is 6.13. The molecule has 150 valence electrons. The van der Waals surface area contributed by atoms with E-state index in [0.29, 0.717) is 18.6 Å². The molecule has 1 aliphatic carbocycles. The van der Waals surface area contributed by atoms with E-state index in [4.69, 9.17) is 4.74 Å². The number of imidazole rings is 1. The quantitative estimate of drug-likeness (QED) is 0.243. The van der Waals surface area contributed by atoms with Crippen LogP contribution < -0.4 is 10.6 Å². The number of guanidine groups is 1. The summed E-state index contributed by atoms with van der Waals surface area (Å²) in [7, 11) is 0. The molecule has 6 nitrogen and oxygen atoms in total. The molecule has 0 unspecified atom stereocenters. The van der Waals surface area contributed by atoms with Gasteiger partial charge in [0.05, 0.1) is 6.10 Å². The molecule has 1 fully saturated rings. The minimum absolute atomic E-state index is 0. The van der Waals surface area contributed by atoms with Gasteiger partial charge in [0, 0.05) is 32.1 Å². The Morgan fingerprint density at radius 2 is 2.12 bits per heavy atom. The number of ether oxygens (including phenoxy) is 1. The molecule has 0 atom stereocenters. The first-order valence-electron chi connectivity index (χ1n) is 9.14. The second kappa shape index (κ2) is 13.2. The predicted octanol–water partition coefficient (Wildman–Crippen LogP) is 3.69. The van der Waals surface area contributed by atoms with Gasteiger partial charge in [-0.05, 0) is 26.2 Å². The Labute approximate surface area is 171 Å². The van der Waals surface area contributed by atoms with Gasteiger partial charge in [0.2, 0.25) is 0 Å². The van der Waals surface area contributed by atoms with Crippen LogP contribution in [0.4, 0.5) is 8.78 Å². The van der Waals surface area contributed by atoms with Crippen LogP contribution in [-0.4, -0.2) is 41.3 Å². The van der Waals surface area contributed by atoms with E-state index in [0.717, 1.165) is 24.1 Å². The van der Waals surface area contributed by atoms with Crippen molar-refractivity contribution in [2.45, 2.75) is 64.6 Å². The second-order valence-corrected chi connectivity index (χ2v) is 6.13. The molecule has 2 rings (SSSR count). The molecular weight excluding hydrogens is 455 g/mol. The smallest absolute Gasteiger partial charge is 0.319 e. The van der Waals surface area contributed by atoms with Crippen LogP contribution in [0.5, 0.6) is 0 Å². The van der Waals surface area contributed by atoms with E-state index < -0.39 is 6.55 Å². The van der Waals surface area contributed by atoms with E-state index in [1.165, 1.54) is 44.5 Å². The van der Waals surface area contributed by atoms with Crippen LogP contribution in [0.15, 0.2) is 17.4 Å². The van der Waals surface area contributed by atoms with Crippen molar-refractivity contribution in [3.8, 4) is 0 Å². The number of nitrogens with one attached hydrogen (secondary N) is 2. The number of aliphatic imine (C=N–C) groups is 1. The maximum absolute atomic E-state index is 12.8. The number of hydrogen-bond donors (Lipinski definition) is 2. The number of aromatic nitrogens is 2. The minimum Gasteiger partial charge on any atom is -0.378 e. The summed E-state index contributed by atoms with van der Waals surface area (Å²) in [6.45, 7) is 1.62. The van der Waals surface area contributed by atoms with Crippen molar-refractivity contribution in [2.75, 3.05) is 19.7 Å². The highest BCUT2D eigenvalue weighted by atomic mass is 127.